The molecule has 0 aliphatic carbocycles. The van der Waals surface area contributed by atoms with Crippen molar-refractivity contribution in [2.45, 2.75) is 26.7 Å². The van der Waals surface area contributed by atoms with E-state index in [4.69, 9.17) is 11.6 Å². The van der Waals surface area contributed by atoms with Crippen LogP contribution in [-0.2, 0) is 12.8 Å². The zero-order chi connectivity index (χ0) is 14.5. The molecule has 0 amide bonds. The van der Waals surface area contributed by atoms with Crippen molar-refractivity contribution in [1.29, 1.82) is 0 Å². The largest absolute Gasteiger partial charge is 0.294 e. The molecule has 1 nitrogen and oxygen atoms in total. The van der Waals surface area contributed by atoms with Gasteiger partial charge in [0.1, 0.15) is 0 Å². The molecule has 0 bridgehead atoms. The van der Waals surface area contributed by atoms with Gasteiger partial charge in [0.15, 0.2) is 5.78 Å². The van der Waals surface area contributed by atoms with Crippen LogP contribution >= 0.6 is 11.6 Å². The van der Waals surface area contributed by atoms with E-state index in [1.165, 1.54) is 5.56 Å². The topological polar surface area (TPSA) is 17.1 Å². The van der Waals surface area contributed by atoms with Gasteiger partial charge in [0.25, 0.3) is 0 Å². The quantitative estimate of drug-likeness (QED) is 0.710. The summed E-state index contributed by atoms with van der Waals surface area (Å²) in [7, 11) is 0. The summed E-state index contributed by atoms with van der Waals surface area (Å²) in [5.74, 6) is 0.728. The number of rotatable bonds is 5. The molecular formula is C18H19ClO. The molecule has 0 spiro atoms. The van der Waals surface area contributed by atoms with Crippen molar-refractivity contribution in [3.63, 3.8) is 0 Å². The number of halogens is 1. The van der Waals surface area contributed by atoms with E-state index in [-0.39, 0.29) is 5.78 Å². The van der Waals surface area contributed by atoms with Crippen LogP contribution in [0.5, 0.6) is 0 Å². The minimum absolute atomic E-state index is 0.137. The zero-order valence-corrected chi connectivity index (χ0v) is 12.7. The lowest BCUT2D eigenvalue weighted by Gasteiger charge is -2.07. The number of hydrogen-bond donors (Lipinski definition) is 0. The Kier molecular flexibility index (Phi) is 4.97. The monoisotopic (exact) mass is 286 g/mol. The fraction of sp³-hybridized carbons (Fsp3) is 0.278. The highest BCUT2D eigenvalue weighted by Crippen LogP contribution is 2.15. The zero-order valence-electron chi connectivity index (χ0n) is 11.9. The molecule has 0 radical (unpaired) electrons. The van der Waals surface area contributed by atoms with Gasteiger partial charge in [-0.05, 0) is 41.7 Å². The lowest BCUT2D eigenvalue weighted by atomic mass is 9.97. The minimum atomic E-state index is 0.137. The Morgan fingerprint density at radius 1 is 1.05 bits per heavy atom. The first-order valence-corrected chi connectivity index (χ1v) is 7.29. The molecule has 104 valence electrons. The van der Waals surface area contributed by atoms with Gasteiger partial charge in [-0.1, -0.05) is 55.8 Å². The first-order chi connectivity index (χ1) is 9.54. The van der Waals surface area contributed by atoms with Gasteiger partial charge in [-0.15, -0.1) is 0 Å². The smallest absolute Gasteiger partial charge is 0.167 e. The summed E-state index contributed by atoms with van der Waals surface area (Å²) in [6.45, 7) is 4.36. The summed E-state index contributed by atoms with van der Waals surface area (Å²) in [5, 5.41) is 0.670. The maximum atomic E-state index is 12.3. The molecule has 20 heavy (non-hydrogen) atoms. The lowest BCUT2D eigenvalue weighted by Crippen LogP contribution is -2.05. The standard InChI is InChI=1S/C18H19ClO/c1-13(2)9-14-5-3-7-16(10-14)18(20)12-15-6-4-8-17(19)11-15/h3-8,10-11,13H,9,12H2,1-2H3. The van der Waals surface area contributed by atoms with Gasteiger partial charge in [-0.25, -0.2) is 0 Å². The van der Waals surface area contributed by atoms with Gasteiger partial charge in [0.05, 0.1) is 0 Å². The van der Waals surface area contributed by atoms with Crippen LogP contribution in [0, 0.1) is 5.92 Å². The van der Waals surface area contributed by atoms with Crippen LogP contribution in [-0.4, -0.2) is 5.78 Å². The Morgan fingerprint density at radius 2 is 1.75 bits per heavy atom. The van der Waals surface area contributed by atoms with Gasteiger partial charge in [0.2, 0.25) is 0 Å². The Hall–Kier alpha value is -1.60. The van der Waals surface area contributed by atoms with Crippen molar-refractivity contribution in [2.24, 2.45) is 5.92 Å². The van der Waals surface area contributed by atoms with Crippen molar-refractivity contribution in [2.75, 3.05) is 0 Å². The van der Waals surface area contributed by atoms with E-state index < -0.39 is 0 Å². The molecule has 2 aromatic carbocycles. The average Bonchev–Trinajstić information content (AvgIpc) is 2.38. The highest BCUT2D eigenvalue weighted by Gasteiger charge is 2.08. The van der Waals surface area contributed by atoms with Crippen LogP contribution in [0.1, 0.15) is 35.3 Å². The Morgan fingerprint density at radius 3 is 2.45 bits per heavy atom. The first-order valence-electron chi connectivity index (χ1n) is 6.91. The van der Waals surface area contributed by atoms with Crippen molar-refractivity contribution < 1.29 is 4.79 Å². The molecule has 0 aliphatic rings. The minimum Gasteiger partial charge on any atom is -0.294 e. The van der Waals surface area contributed by atoms with Crippen molar-refractivity contribution in [1.82, 2.24) is 0 Å². The molecular weight excluding hydrogens is 268 g/mol. The van der Waals surface area contributed by atoms with Gasteiger partial charge in [-0.2, -0.15) is 0 Å². The summed E-state index contributed by atoms with van der Waals surface area (Å²) in [5.41, 5.74) is 2.96. The summed E-state index contributed by atoms with van der Waals surface area (Å²) >= 11 is 5.95. The summed E-state index contributed by atoms with van der Waals surface area (Å²) in [4.78, 5) is 12.3. The van der Waals surface area contributed by atoms with E-state index >= 15 is 0 Å². The second-order valence-electron chi connectivity index (χ2n) is 5.53. The third-order valence-corrected chi connectivity index (χ3v) is 3.38. The Balaban J connectivity index is 2.13. The third-order valence-electron chi connectivity index (χ3n) is 3.15. The van der Waals surface area contributed by atoms with Crippen LogP contribution in [0.4, 0.5) is 0 Å². The number of carbonyl (C=O) groups is 1. The molecule has 0 aromatic heterocycles. The van der Waals surface area contributed by atoms with E-state index in [1.54, 1.807) is 0 Å². The van der Waals surface area contributed by atoms with Gasteiger partial charge in [0, 0.05) is 17.0 Å². The molecule has 0 atom stereocenters. The highest BCUT2D eigenvalue weighted by atomic mass is 35.5. The molecule has 0 fully saturated rings. The predicted molar refractivity (Wildman–Crippen MR) is 84.5 cm³/mol. The molecule has 0 saturated carbocycles. The number of ketones is 1. The van der Waals surface area contributed by atoms with E-state index in [9.17, 15) is 4.79 Å². The van der Waals surface area contributed by atoms with Crippen LogP contribution < -0.4 is 0 Å². The molecule has 0 heterocycles. The summed E-state index contributed by atoms with van der Waals surface area (Å²) in [6, 6.07) is 15.4. The van der Waals surface area contributed by atoms with Crippen molar-refractivity contribution in [3.05, 3.63) is 70.2 Å². The van der Waals surface area contributed by atoms with E-state index in [0.717, 1.165) is 17.5 Å². The normalized spacial score (nSPS) is 10.8. The SMILES string of the molecule is CC(C)Cc1cccc(C(=O)Cc2cccc(Cl)c2)c1. The number of Topliss-reactive ketones (excluding diaryl/α,β-unsaturated/α-hetero) is 1. The molecule has 2 heteroatoms. The number of benzene rings is 2. The lowest BCUT2D eigenvalue weighted by molar-refractivity contribution is 0.0993. The fourth-order valence-corrected chi connectivity index (χ4v) is 2.49. The van der Waals surface area contributed by atoms with Crippen LogP contribution in [0.25, 0.3) is 0 Å². The van der Waals surface area contributed by atoms with Gasteiger partial charge in [-0.3, -0.25) is 4.79 Å². The second-order valence-corrected chi connectivity index (χ2v) is 5.96. The molecule has 2 aromatic rings. The van der Waals surface area contributed by atoms with Crippen LogP contribution in [0.3, 0.4) is 0 Å². The maximum Gasteiger partial charge on any atom is 0.167 e. The molecule has 0 N–H and O–H groups in total. The number of hydrogen-bond acceptors (Lipinski definition) is 1. The van der Waals surface area contributed by atoms with E-state index in [2.05, 4.69) is 19.9 Å². The molecule has 2 rings (SSSR count). The molecule has 0 saturated heterocycles. The van der Waals surface area contributed by atoms with Crippen molar-refractivity contribution >= 4 is 17.4 Å². The number of carbonyl (C=O) groups excluding carboxylic acids is 1. The van der Waals surface area contributed by atoms with Gasteiger partial charge >= 0.3 is 0 Å². The van der Waals surface area contributed by atoms with Gasteiger partial charge < -0.3 is 0 Å². The third kappa shape index (κ3) is 4.21. The molecule has 0 unspecified atom stereocenters. The fourth-order valence-electron chi connectivity index (χ4n) is 2.28. The predicted octanol–water partition coefficient (Wildman–Crippen LogP) is 4.96. The first kappa shape index (κ1) is 14.8. The van der Waals surface area contributed by atoms with E-state index in [1.807, 2.05) is 42.5 Å². The Bertz CT molecular complexity index is 602. The summed E-state index contributed by atoms with van der Waals surface area (Å²) in [6.07, 6.45) is 1.39. The van der Waals surface area contributed by atoms with Crippen molar-refractivity contribution in [3.8, 4) is 0 Å². The Labute approximate surface area is 125 Å². The second kappa shape index (κ2) is 6.71. The van der Waals surface area contributed by atoms with Crippen LogP contribution in [0.15, 0.2) is 48.5 Å². The van der Waals surface area contributed by atoms with Crippen LogP contribution in [0.2, 0.25) is 5.02 Å². The summed E-state index contributed by atoms with van der Waals surface area (Å²) < 4.78 is 0. The van der Waals surface area contributed by atoms with E-state index in [0.29, 0.717) is 17.4 Å². The highest BCUT2D eigenvalue weighted by molar-refractivity contribution is 6.30. The molecule has 0 aliphatic heterocycles. The maximum absolute atomic E-state index is 12.3. The average molecular weight is 287 g/mol.